The van der Waals surface area contributed by atoms with Gasteiger partial charge in [-0.15, -0.1) is 11.8 Å². The Balaban J connectivity index is 4.14. The maximum atomic E-state index is 12.7. The van der Waals surface area contributed by atoms with Gasteiger partial charge in [-0.05, 0) is 24.5 Å². The summed E-state index contributed by atoms with van der Waals surface area (Å²) >= 11 is 1.20. The number of unbranched alkanes of at least 4 members (excludes halogenated alkanes) is 1. The van der Waals surface area contributed by atoms with Crippen molar-refractivity contribution in [1.29, 1.82) is 0 Å². The molecule has 0 spiro atoms. The van der Waals surface area contributed by atoms with Crippen LogP contribution in [0.3, 0.4) is 0 Å². The van der Waals surface area contributed by atoms with E-state index in [2.05, 4.69) is 0 Å². The van der Waals surface area contributed by atoms with Crippen molar-refractivity contribution in [2.24, 2.45) is 5.92 Å². The van der Waals surface area contributed by atoms with Gasteiger partial charge < -0.3 is 4.74 Å². The number of esters is 1. The summed E-state index contributed by atoms with van der Waals surface area (Å²) in [6.07, 6.45) is -2.87. The lowest BCUT2D eigenvalue weighted by Crippen LogP contribution is -2.28. The third kappa shape index (κ3) is 8.53. The summed E-state index contributed by atoms with van der Waals surface area (Å²) in [5.41, 5.74) is 0. The monoisotopic (exact) mass is 332 g/mol. The first-order valence-electron chi connectivity index (χ1n) is 7.16. The molecule has 0 bridgehead atoms. The highest BCUT2D eigenvalue weighted by atomic mass is 32.2. The fourth-order valence-electron chi connectivity index (χ4n) is 1.56. The van der Waals surface area contributed by atoms with E-state index in [1.54, 1.807) is 0 Å². The Bertz CT molecular complexity index is 299. The lowest BCUT2D eigenvalue weighted by atomic mass is 10.1. The molecule has 0 saturated heterocycles. The molecule has 0 saturated carbocycles. The van der Waals surface area contributed by atoms with E-state index in [1.807, 2.05) is 20.8 Å². The maximum absolute atomic E-state index is 12.7. The third-order valence-electron chi connectivity index (χ3n) is 2.85. The summed E-state index contributed by atoms with van der Waals surface area (Å²) in [6, 6.07) is 0. The average molecular weight is 332 g/mol. The van der Waals surface area contributed by atoms with Crippen molar-refractivity contribution >= 4 is 17.7 Å². The Morgan fingerprint density at radius 2 is 1.86 bits per heavy atom. The molecule has 0 aliphatic rings. The molecule has 21 heavy (non-hydrogen) atoms. The van der Waals surface area contributed by atoms with E-state index in [-0.39, 0.29) is 24.1 Å². The highest BCUT2D eigenvalue weighted by Gasteiger charge is 2.39. The largest absolute Gasteiger partial charge is 0.465 e. The smallest absolute Gasteiger partial charge is 0.319 e. The number of alkyl halides is 4. The lowest BCUT2D eigenvalue weighted by molar-refractivity contribution is -0.143. The summed E-state index contributed by atoms with van der Waals surface area (Å²) in [7, 11) is 0. The fraction of sp³-hybridized carbons (Fsp3) is 0.929. The van der Waals surface area contributed by atoms with Crippen molar-refractivity contribution in [3.8, 4) is 0 Å². The molecule has 0 aromatic rings. The first-order valence-corrected chi connectivity index (χ1v) is 8.21. The molecule has 0 rings (SSSR count). The summed E-state index contributed by atoms with van der Waals surface area (Å²) in [5.74, 6) is -4.08. The standard InChI is InChI=1S/C14H24F4O2S/c1-4-5-8-20-12(19)11(10(2)3)21-9-6-7-14(17,18)13(15)16/h10-11,13H,4-9H2,1-3H3. The van der Waals surface area contributed by atoms with Gasteiger partial charge in [0.25, 0.3) is 0 Å². The molecule has 1 atom stereocenters. The Labute approximate surface area is 128 Å². The number of ether oxygens (including phenoxy) is 1. The van der Waals surface area contributed by atoms with Crippen LogP contribution in [-0.2, 0) is 9.53 Å². The summed E-state index contributed by atoms with van der Waals surface area (Å²) in [4.78, 5) is 11.8. The number of rotatable bonds is 11. The first-order chi connectivity index (χ1) is 9.72. The number of halogens is 4. The molecule has 0 aromatic carbocycles. The van der Waals surface area contributed by atoms with Crippen LogP contribution in [0.5, 0.6) is 0 Å². The molecule has 0 aliphatic heterocycles. The number of carbonyl (C=O) groups is 1. The molecule has 0 amide bonds. The molecule has 0 aliphatic carbocycles. The zero-order chi connectivity index (χ0) is 16.5. The lowest BCUT2D eigenvalue weighted by Gasteiger charge is -2.20. The molecule has 0 heterocycles. The van der Waals surface area contributed by atoms with Gasteiger partial charge >= 0.3 is 18.3 Å². The van der Waals surface area contributed by atoms with Gasteiger partial charge in [0.2, 0.25) is 0 Å². The third-order valence-corrected chi connectivity index (χ3v) is 4.47. The molecule has 0 radical (unpaired) electrons. The Morgan fingerprint density at radius 3 is 2.33 bits per heavy atom. The minimum Gasteiger partial charge on any atom is -0.465 e. The summed E-state index contributed by atoms with van der Waals surface area (Å²) in [6.45, 7) is 6.01. The Kier molecular flexibility index (Phi) is 10.1. The van der Waals surface area contributed by atoms with Gasteiger partial charge in [-0.25, -0.2) is 17.6 Å². The Morgan fingerprint density at radius 1 is 1.24 bits per heavy atom. The Hall–Kier alpha value is -0.460. The van der Waals surface area contributed by atoms with E-state index >= 15 is 0 Å². The van der Waals surface area contributed by atoms with Crippen molar-refractivity contribution in [2.45, 2.75) is 64.1 Å². The van der Waals surface area contributed by atoms with E-state index in [4.69, 9.17) is 4.74 Å². The van der Waals surface area contributed by atoms with Crippen molar-refractivity contribution in [1.82, 2.24) is 0 Å². The topological polar surface area (TPSA) is 26.3 Å². The number of hydrogen-bond acceptors (Lipinski definition) is 3. The van der Waals surface area contributed by atoms with Gasteiger partial charge in [-0.3, -0.25) is 4.79 Å². The van der Waals surface area contributed by atoms with Crippen LogP contribution in [0.15, 0.2) is 0 Å². The first kappa shape index (κ1) is 20.5. The molecule has 0 N–H and O–H groups in total. The van der Waals surface area contributed by atoms with Gasteiger partial charge in [0.15, 0.2) is 0 Å². The summed E-state index contributed by atoms with van der Waals surface area (Å²) in [5, 5.41) is -0.443. The highest BCUT2D eigenvalue weighted by molar-refractivity contribution is 8.00. The predicted octanol–water partition coefficient (Wildman–Crippen LogP) is 4.77. The van der Waals surface area contributed by atoms with Crippen molar-refractivity contribution < 1.29 is 27.1 Å². The normalized spacial score (nSPS) is 13.8. The second kappa shape index (κ2) is 10.3. The van der Waals surface area contributed by atoms with E-state index in [0.29, 0.717) is 6.61 Å². The molecule has 7 heteroatoms. The van der Waals surface area contributed by atoms with E-state index in [0.717, 1.165) is 12.8 Å². The number of hydrogen-bond donors (Lipinski definition) is 0. The van der Waals surface area contributed by atoms with Crippen LogP contribution in [0.2, 0.25) is 0 Å². The van der Waals surface area contributed by atoms with Crippen molar-refractivity contribution in [3.05, 3.63) is 0 Å². The molecule has 0 aromatic heterocycles. The average Bonchev–Trinajstić information content (AvgIpc) is 2.37. The fourth-order valence-corrected chi connectivity index (χ4v) is 2.71. The van der Waals surface area contributed by atoms with E-state index in [1.165, 1.54) is 11.8 Å². The van der Waals surface area contributed by atoms with Crippen molar-refractivity contribution in [3.63, 3.8) is 0 Å². The minimum atomic E-state index is -3.95. The highest BCUT2D eigenvalue weighted by Crippen LogP contribution is 2.30. The summed E-state index contributed by atoms with van der Waals surface area (Å²) < 4.78 is 54.6. The van der Waals surface area contributed by atoms with Crippen LogP contribution < -0.4 is 0 Å². The van der Waals surface area contributed by atoms with Crippen LogP contribution in [0.4, 0.5) is 17.6 Å². The van der Waals surface area contributed by atoms with Crippen molar-refractivity contribution in [2.75, 3.05) is 12.4 Å². The quantitative estimate of drug-likeness (QED) is 0.310. The van der Waals surface area contributed by atoms with E-state index < -0.39 is 24.0 Å². The van der Waals surface area contributed by atoms with Crippen LogP contribution in [0.1, 0.15) is 46.5 Å². The van der Waals surface area contributed by atoms with Gasteiger partial charge in [-0.1, -0.05) is 27.2 Å². The number of carbonyl (C=O) groups excluding carboxylic acids is 1. The second-order valence-electron chi connectivity index (χ2n) is 5.22. The van der Waals surface area contributed by atoms with Gasteiger partial charge in [0.05, 0.1) is 6.61 Å². The molecule has 0 fully saturated rings. The van der Waals surface area contributed by atoms with Crippen LogP contribution in [0, 0.1) is 5.92 Å². The zero-order valence-corrected chi connectivity index (χ0v) is 13.5. The van der Waals surface area contributed by atoms with Gasteiger partial charge in [0.1, 0.15) is 5.25 Å². The van der Waals surface area contributed by atoms with Crippen LogP contribution in [0.25, 0.3) is 0 Å². The maximum Gasteiger partial charge on any atom is 0.319 e. The zero-order valence-electron chi connectivity index (χ0n) is 12.7. The van der Waals surface area contributed by atoms with Gasteiger partial charge in [-0.2, -0.15) is 0 Å². The van der Waals surface area contributed by atoms with E-state index in [9.17, 15) is 22.4 Å². The molecular weight excluding hydrogens is 308 g/mol. The van der Waals surface area contributed by atoms with Crippen LogP contribution >= 0.6 is 11.8 Å². The molecule has 1 unspecified atom stereocenters. The number of thioether (sulfide) groups is 1. The van der Waals surface area contributed by atoms with Gasteiger partial charge in [0, 0.05) is 6.42 Å². The molecule has 126 valence electrons. The molecule has 2 nitrogen and oxygen atoms in total. The minimum absolute atomic E-state index is 0.000245. The van der Waals surface area contributed by atoms with Crippen LogP contribution in [-0.4, -0.2) is 35.9 Å². The second-order valence-corrected chi connectivity index (χ2v) is 6.47. The SMILES string of the molecule is CCCCOC(=O)C(SCCCC(F)(F)C(F)F)C(C)C. The predicted molar refractivity (Wildman–Crippen MR) is 77.1 cm³/mol. The molecular formula is C14H24F4O2S.